The molecule has 0 atom stereocenters. The van der Waals surface area contributed by atoms with Gasteiger partial charge in [-0.15, -0.1) is 0 Å². The topological polar surface area (TPSA) is 29.3 Å². The molecular formula is C11H24N2S2. The van der Waals surface area contributed by atoms with Crippen LogP contribution in [0.2, 0.25) is 0 Å². The smallest absolute Gasteiger partial charge is 0.0740 e. The first-order chi connectivity index (χ1) is 7.07. The van der Waals surface area contributed by atoms with Crippen LogP contribution in [-0.4, -0.2) is 40.5 Å². The Bertz CT molecular complexity index is 172. The van der Waals surface area contributed by atoms with E-state index in [-0.39, 0.29) is 0 Å². The van der Waals surface area contributed by atoms with Gasteiger partial charge in [0.05, 0.1) is 4.99 Å². The molecule has 0 aromatic heterocycles. The Hall–Kier alpha value is 0.200. The summed E-state index contributed by atoms with van der Waals surface area (Å²) < 4.78 is 0. The molecule has 0 aliphatic heterocycles. The zero-order valence-electron chi connectivity index (χ0n) is 10.2. The fourth-order valence-electron chi connectivity index (χ4n) is 1.40. The Balaban J connectivity index is 3.68. The molecule has 0 rings (SSSR count). The second-order valence-electron chi connectivity index (χ2n) is 3.90. The summed E-state index contributed by atoms with van der Waals surface area (Å²) in [6.45, 7) is 8.83. The van der Waals surface area contributed by atoms with Crippen LogP contribution in [0.4, 0.5) is 0 Å². The highest BCUT2D eigenvalue weighted by molar-refractivity contribution is 7.99. The molecule has 0 fully saturated rings. The van der Waals surface area contributed by atoms with E-state index in [1.54, 1.807) is 0 Å². The fraction of sp³-hybridized carbons (Fsp3) is 0.909. The van der Waals surface area contributed by atoms with Gasteiger partial charge < -0.3 is 10.6 Å². The van der Waals surface area contributed by atoms with E-state index in [0.717, 1.165) is 19.5 Å². The van der Waals surface area contributed by atoms with Crippen LogP contribution in [-0.2, 0) is 0 Å². The molecule has 4 heteroatoms. The Labute approximate surface area is 104 Å². The van der Waals surface area contributed by atoms with Crippen molar-refractivity contribution in [2.24, 2.45) is 5.73 Å². The van der Waals surface area contributed by atoms with Gasteiger partial charge in [-0.3, -0.25) is 0 Å². The molecule has 15 heavy (non-hydrogen) atoms. The van der Waals surface area contributed by atoms with Crippen molar-refractivity contribution in [3.05, 3.63) is 0 Å². The van der Waals surface area contributed by atoms with Crippen LogP contribution in [0, 0.1) is 0 Å². The average molecular weight is 248 g/mol. The largest absolute Gasteiger partial charge is 0.393 e. The zero-order valence-corrected chi connectivity index (χ0v) is 11.8. The normalized spacial score (nSPS) is 11.3. The van der Waals surface area contributed by atoms with E-state index in [1.807, 2.05) is 11.8 Å². The van der Waals surface area contributed by atoms with E-state index < -0.39 is 0 Å². The van der Waals surface area contributed by atoms with E-state index in [0.29, 0.717) is 11.0 Å². The van der Waals surface area contributed by atoms with Gasteiger partial charge in [-0.1, -0.05) is 19.1 Å². The third-order valence-electron chi connectivity index (χ3n) is 2.31. The Morgan fingerprint density at radius 1 is 1.40 bits per heavy atom. The Kier molecular flexibility index (Phi) is 9.55. The Morgan fingerprint density at radius 3 is 2.53 bits per heavy atom. The maximum Gasteiger partial charge on any atom is 0.0740 e. The predicted molar refractivity (Wildman–Crippen MR) is 75.7 cm³/mol. The van der Waals surface area contributed by atoms with Crippen molar-refractivity contribution in [2.75, 3.05) is 24.6 Å². The van der Waals surface area contributed by atoms with E-state index in [4.69, 9.17) is 18.0 Å². The van der Waals surface area contributed by atoms with Gasteiger partial charge >= 0.3 is 0 Å². The lowest BCUT2D eigenvalue weighted by Gasteiger charge is -2.26. The summed E-state index contributed by atoms with van der Waals surface area (Å²) in [5.41, 5.74) is 5.52. The molecule has 0 aromatic rings. The van der Waals surface area contributed by atoms with Crippen molar-refractivity contribution in [2.45, 2.75) is 39.7 Å². The highest BCUT2D eigenvalue weighted by Gasteiger charge is 2.08. The molecule has 0 aliphatic carbocycles. The van der Waals surface area contributed by atoms with Gasteiger partial charge in [-0.05, 0) is 38.3 Å². The lowest BCUT2D eigenvalue weighted by molar-refractivity contribution is 0.229. The third-order valence-corrected chi connectivity index (χ3v) is 3.50. The average Bonchev–Trinajstić information content (AvgIpc) is 2.15. The highest BCUT2D eigenvalue weighted by Crippen LogP contribution is 2.06. The molecule has 0 heterocycles. The van der Waals surface area contributed by atoms with Crippen molar-refractivity contribution in [3.63, 3.8) is 0 Å². The second-order valence-corrected chi connectivity index (χ2v) is 5.81. The monoisotopic (exact) mass is 248 g/mol. The molecule has 0 bridgehead atoms. The van der Waals surface area contributed by atoms with Crippen LogP contribution in [0.5, 0.6) is 0 Å². The number of thiocarbonyl (C=S) groups is 1. The van der Waals surface area contributed by atoms with Crippen molar-refractivity contribution in [1.29, 1.82) is 0 Å². The van der Waals surface area contributed by atoms with Gasteiger partial charge in [0.25, 0.3) is 0 Å². The molecular weight excluding hydrogens is 224 g/mol. The number of hydrogen-bond acceptors (Lipinski definition) is 3. The Morgan fingerprint density at radius 2 is 2.07 bits per heavy atom. The molecule has 90 valence electrons. The number of hydrogen-bond donors (Lipinski definition) is 1. The summed E-state index contributed by atoms with van der Waals surface area (Å²) >= 11 is 6.91. The lowest BCUT2D eigenvalue weighted by Crippen LogP contribution is -2.34. The number of nitrogens with zero attached hydrogens (tertiary/aromatic N) is 1. The first-order valence-electron chi connectivity index (χ1n) is 5.68. The van der Waals surface area contributed by atoms with Crippen LogP contribution in [0.25, 0.3) is 0 Å². The molecule has 0 amide bonds. The summed E-state index contributed by atoms with van der Waals surface area (Å²) in [5.74, 6) is 2.47. The van der Waals surface area contributed by atoms with Gasteiger partial charge in [0.1, 0.15) is 0 Å². The minimum atomic E-state index is 0.589. The van der Waals surface area contributed by atoms with E-state index >= 15 is 0 Å². The second kappa shape index (κ2) is 9.43. The molecule has 0 radical (unpaired) electrons. The van der Waals surface area contributed by atoms with Crippen LogP contribution in [0.1, 0.15) is 33.6 Å². The van der Waals surface area contributed by atoms with Gasteiger partial charge in [0.2, 0.25) is 0 Å². The molecule has 0 unspecified atom stereocenters. The lowest BCUT2D eigenvalue weighted by atomic mass is 10.2. The van der Waals surface area contributed by atoms with Crippen LogP contribution >= 0.6 is 24.0 Å². The summed E-state index contributed by atoms with van der Waals surface area (Å²) in [7, 11) is 0. The maximum absolute atomic E-state index is 5.52. The summed E-state index contributed by atoms with van der Waals surface area (Å²) in [6, 6.07) is 0.589. The number of thioether (sulfide) groups is 1. The summed E-state index contributed by atoms with van der Waals surface area (Å²) in [5, 5.41) is 0. The molecule has 0 saturated carbocycles. The van der Waals surface area contributed by atoms with E-state index in [9.17, 15) is 0 Å². The zero-order chi connectivity index (χ0) is 11.7. The minimum absolute atomic E-state index is 0.589. The first-order valence-corrected chi connectivity index (χ1v) is 7.24. The van der Waals surface area contributed by atoms with Gasteiger partial charge in [0.15, 0.2) is 0 Å². The SMILES string of the molecule is CCSCCCN(CCC(N)=S)C(C)C. The van der Waals surface area contributed by atoms with Gasteiger partial charge in [-0.2, -0.15) is 11.8 Å². The fourth-order valence-corrected chi connectivity index (χ4v) is 2.11. The molecule has 0 aliphatic rings. The third kappa shape index (κ3) is 9.15. The van der Waals surface area contributed by atoms with Gasteiger partial charge in [-0.25, -0.2) is 0 Å². The first kappa shape index (κ1) is 15.2. The molecule has 0 saturated heterocycles. The van der Waals surface area contributed by atoms with E-state index in [2.05, 4.69) is 25.7 Å². The number of rotatable bonds is 9. The molecule has 2 N–H and O–H groups in total. The van der Waals surface area contributed by atoms with Crippen LogP contribution < -0.4 is 5.73 Å². The van der Waals surface area contributed by atoms with Gasteiger partial charge in [0, 0.05) is 19.0 Å². The maximum atomic E-state index is 5.52. The van der Waals surface area contributed by atoms with Crippen molar-refractivity contribution in [3.8, 4) is 0 Å². The predicted octanol–water partition coefficient (Wildman–Crippen LogP) is 2.52. The summed E-state index contributed by atoms with van der Waals surface area (Å²) in [6.07, 6.45) is 2.10. The van der Waals surface area contributed by atoms with Crippen molar-refractivity contribution < 1.29 is 0 Å². The van der Waals surface area contributed by atoms with E-state index in [1.165, 1.54) is 17.9 Å². The quantitative estimate of drug-likeness (QED) is 0.501. The number of nitrogens with two attached hydrogens (primary N) is 1. The molecule has 2 nitrogen and oxygen atoms in total. The highest BCUT2D eigenvalue weighted by atomic mass is 32.2. The molecule has 0 spiro atoms. The van der Waals surface area contributed by atoms with Crippen LogP contribution in [0.3, 0.4) is 0 Å². The molecule has 0 aromatic carbocycles. The minimum Gasteiger partial charge on any atom is -0.393 e. The summed E-state index contributed by atoms with van der Waals surface area (Å²) in [4.78, 5) is 3.08. The van der Waals surface area contributed by atoms with Crippen LogP contribution in [0.15, 0.2) is 0 Å². The van der Waals surface area contributed by atoms with Crippen molar-refractivity contribution >= 4 is 29.0 Å². The standard InChI is InChI=1S/C11H24N2S2/c1-4-15-9-5-7-13(10(2)3)8-6-11(12)14/h10H,4-9H2,1-3H3,(H2,12,14). The van der Waals surface area contributed by atoms with Crippen molar-refractivity contribution in [1.82, 2.24) is 4.90 Å².